The number of methoxy groups -OCH3 is 1. The van der Waals surface area contributed by atoms with Crippen molar-refractivity contribution >= 4 is 17.6 Å². The third-order valence-electron chi connectivity index (χ3n) is 5.47. The summed E-state index contributed by atoms with van der Waals surface area (Å²) in [5, 5.41) is 14.5. The quantitative estimate of drug-likeness (QED) is 0.668. The Hall–Kier alpha value is -3.08. The molecule has 0 bridgehead atoms. The van der Waals surface area contributed by atoms with Crippen LogP contribution in [0.5, 0.6) is 0 Å². The Morgan fingerprint density at radius 2 is 1.96 bits per heavy atom. The van der Waals surface area contributed by atoms with Crippen molar-refractivity contribution in [2.75, 3.05) is 12.4 Å². The largest absolute Gasteiger partial charge is 0.550 e. The molecule has 0 aromatic heterocycles. The summed E-state index contributed by atoms with van der Waals surface area (Å²) in [6, 6.07) is 13.4. The van der Waals surface area contributed by atoms with Crippen LogP contribution in [0.3, 0.4) is 0 Å². The Bertz CT molecular complexity index is 916. The first-order chi connectivity index (χ1) is 13.1. The SMILES string of the molecule is COC(=O)c1ccc([C@H]2Nc3ccc(CC(=O)[O-])cc3[C@H]3C=CC[C@H]32)cc1. The van der Waals surface area contributed by atoms with Gasteiger partial charge < -0.3 is 20.0 Å². The summed E-state index contributed by atoms with van der Waals surface area (Å²) in [5.74, 6) is -0.821. The zero-order chi connectivity index (χ0) is 19.0. The minimum atomic E-state index is -1.07. The fourth-order valence-electron chi connectivity index (χ4n) is 4.19. The van der Waals surface area contributed by atoms with Gasteiger partial charge in [-0.3, -0.25) is 0 Å². The highest BCUT2D eigenvalue weighted by molar-refractivity contribution is 5.89. The van der Waals surface area contributed by atoms with Crippen LogP contribution in [0, 0.1) is 5.92 Å². The van der Waals surface area contributed by atoms with Crippen molar-refractivity contribution in [1.82, 2.24) is 0 Å². The molecule has 0 saturated carbocycles. The van der Waals surface area contributed by atoms with E-state index in [2.05, 4.69) is 17.5 Å². The summed E-state index contributed by atoms with van der Waals surface area (Å²) in [6.07, 6.45) is 5.27. The summed E-state index contributed by atoms with van der Waals surface area (Å²) in [5.41, 5.74) is 4.56. The van der Waals surface area contributed by atoms with Gasteiger partial charge in [-0.2, -0.15) is 0 Å². The molecule has 2 aliphatic rings. The number of ether oxygens (including phenoxy) is 1. The highest BCUT2D eigenvalue weighted by Gasteiger charge is 2.37. The molecule has 0 saturated heterocycles. The molecule has 5 heteroatoms. The summed E-state index contributed by atoms with van der Waals surface area (Å²) < 4.78 is 4.77. The molecule has 1 aliphatic carbocycles. The molecule has 2 aromatic carbocycles. The molecule has 2 aromatic rings. The number of carbonyl (C=O) groups excluding carboxylic acids is 2. The number of nitrogens with one attached hydrogen (secondary N) is 1. The van der Waals surface area contributed by atoms with Gasteiger partial charge in [0.2, 0.25) is 0 Å². The van der Waals surface area contributed by atoms with E-state index >= 15 is 0 Å². The van der Waals surface area contributed by atoms with Crippen LogP contribution >= 0.6 is 0 Å². The standard InChI is InChI=1S/C22H21NO4/c1-27-22(26)15-8-6-14(7-9-15)21-17-4-2-3-16(17)18-11-13(12-20(24)25)5-10-19(18)23-21/h2-3,5-11,16-17,21,23H,4,12H2,1H3,(H,24,25)/p-1/t16-,17+,21+/m0/s1. The van der Waals surface area contributed by atoms with Gasteiger partial charge in [0.05, 0.1) is 18.7 Å². The Kier molecular flexibility index (Phi) is 4.44. The molecule has 5 nitrogen and oxygen atoms in total. The summed E-state index contributed by atoms with van der Waals surface area (Å²) >= 11 is 0. The van der Waals surface area contributed by atoms with Crippen molar-refractivity contribution in [3.63, 3.8) is 0 Å². The number of rotatable bonds is 4. The lowest BCUT2D eigenvalue weighted by atomic mass is 9.76. The third kappa shape index (κ3) is 3.21. The monoisotopic (exact) mass is 362 g/mol. The fourth-order valence-corrected chi connectivity index (χ4v) is 4.19. The average Bonchev–Trinajstić information content (AvgIpc) is 3.17. The van der Waals surface area contributed by atoms with E-state index in [9.17, 15) is 14.7 Å². The lowest BCUT2D eigenvalue weighted by Gasteiger charge is -2.38. The van der Waals surface area contributed by atoms with E-state index in [1.165, 1.54) is 7.11 Å². The molecule has 0 radical (unpaired) electrons. The maximum atomic E-state index is 11.7. The smallest absolute Gasteiger partial charge is 0.337 e. The Morgan fingerprint density at radius 3 is 2.67 bits per heavy atom. The minimum absolute atomic E-state index is 0.0766. The van der Waals surface area contributed by atoms with Gasteiger partial charge in [0.15, 0.2) is 0 Å². The van der Waals surface area contributed by atoms with Crippen LogP contribution in [-0.4, -0.2) is 19.0 Å². The Labute approximate surface area is 157 Å². The van der Waals surface area contributed by atoms with Crippen LogP contribution in [0.1, 0.15) is 45.4 Å². The predicted octanol–water partition coefficient (Wildman–Crippen LogP) is 2.59. The number of carboxylic acid groups (broad SMARTS) is 1. The second-order valence-electron chi connectivity index (χ2n) is 7.06. The third-order valence-corrected chi connectivity index (χ3v) is 5.47. The van der Waals surface area contributed by atoms with E-state index in [0.717, 1.165) is 28.8 Å². The molecule has 138 valence electrons. The fraction of sp³-hybridized carbons (Fsp3) is 0.273. The van der Waals surface area contributed by atoms with Crippen LogP contribution in [0.2, 0.25) is 0 Å². The second-order valence-corrected chi connectivity index (χ2v) is 7.06. The number of fused-ring (bicyclic) bond motifs is 3. The maximum absolute atomic E-state index is 11.7. The van der Waals surface area contributed by atoms with Gasteiger partial charge in [0.25, 0.3) is 0 Å². The summed E-state index contributed by atoms with van der Waals surface area (Å²) in [4.78, 5) is 22.6. The molecule has 1 heterocycles. The van der Waals surface area contributed by atoms with E-state index in [1.807, 2.05) is 30.3 Å². The van der Waals surface area contributed by atoms with Gasteiger partial charge in [-0.1, -0.05) is 36.4 Å². The van der Waals surface area contributed by atoms with Gasteiger partial charge in [0, 0.05) is 24.0 Å². The molecule has 0 unspecified atom stereocenters. The van der Waals surface area contributed by atoms with E-state index in [0.29, 0.717) is 11.5 Å². The number of esters is 1. The lowest BCUT2D eigenvalue weighted by molar-refractivity contribution is -0.304. The number of carbonyl (C=O) groups is 2. The molecule has 4 rings (SSSR count). The zero-order valence-corrected chi connectivity index (χ0v) is 15.0. The molecular formula is C22H20NO4-. The van der Waals surface area contributed by atoms with Crippen molar-refractivity contribution in [3.05, 3.63) is 76.9 Å². The van der Waals surface area contributed by atoms with Gasteiger partial charge in [-0.15, -0.1) is 0 Å². The van der Waals surface area contributed by atoms with Crippen molar-refractivity contribution in [2.24, 2.45) is 5.92 Å². The molecular weight excluding hydrogens is 342 g/mol. The normalized spacial score (nSPS) is 22.5. The Morgan fingerprint density at radius 1 is 1.19 bits per heavy atom. The maximum Gasteiger partial charge on any atom is 0.337 e. The second kappa shape index (κ2) is 6.91. The first-order valence-corrected chi connectivity index (χ1v) is 9.01. The molecule has 0 fully saturated rings. The van der Waals surface area contributed by atoms with Crippen LogP contribution in [-0.2, 0) is 16.0 Å². The van der Waals surface area contributed by atoms with Crippen molar-refractivity contribution in [2.45, 2.75) is 24.8 Å². The van der Waals surface area contributed by atoms with Crippen LogP contribution in [0.25, 0.3) is 0 Å². The van der Waals surface area contributed by atoms with Crippen LogP contribution < -0.4 is 10.4 Å². The van der Waals surface area contributed by atoms with E-state index in [-0.39, 0.29) is 24.3 Å². The topological polar surface area (TPSA) is 78.5 Å². The highest BCUT2D eigenvalue weighted by Crippen LogP contribution is 2.49. The van der Waals surface area contributed by atoms with Gasteiger partial charge in [-0.05, 0) is 47.2 Å². The molecule has 27 heavy (non-hydrogen) atoms. The number of hydrogen-bond donors (Lipinski definition) is 1. The number of aliphatic carboxylic acids is 1. The number of anilines is 1. The molecule has 3 atom stereocenters. The number of hydrogen-bond acceptors (Lipinski definition) is 5. The average molecular weight is 362 g/mol. The van der Waals surface area contributed by atoms with Gasteiger partial charge in [0.1, 0.15) is 0 Å². The minimum Gasteiger partial charge on any atom is -0.550 e. The first kappa shape index (κ1) is 17.3. The van der Waals surface area contributed by atoms with E-state index in [1.54, 1.807) is 12.1 Å². The van der Waals surface area contributed by atoms with Crippen LogP contribution in [0.4, 0.5) is 5.69 Å². The molecule has 0 spiro atoms. The molecule has 0 amide bonds. The summed E-state index contributed by atoms with van der Waals surface area (Å²) in [7, 11) is 1.37. The lowest BCUT2D eigenvalue weighted by Crippen LogP contribution is -2.29. The van der Waals surface area contributed by atoms with Gasteiger partial charge in [-0.25, -0.2) is 4.79 Å². The van der Waals surface area contributed by atoms with Crippen molar-refractivity contribution < 1.29 is 19.4 Å². The first-order valence-electron chi connectivity index (χ1n) is 9.01. The van der Waals surface area contributed by atoms with E-state index in [4.69, 9.17) is 4.74 Å². The number of allylic oxidation sites excluding steroid dienone is 2. The van der Waals surface area contributed by atoms with Gasteiger partial charge >= 0.3 is 5.97 Å². The van der Waals surface area contributed by atoms with Crippen LogP contribution in [0.15, 0.2) is 54.6 Å². The Balaban J connectivity index is 1.66. The molecule has 1 N–H and O–H groups in total. The predicted molar refractivity (Wildman–Crippen MR) is 99.3 cm³/mol. The van der Waals surface area contributed by atoms with Crippen molar-refractivity contribution in [1.29, 1.82) is 0 Å². The highest BCUT2D eigenvalue weighted by atomic mass is 16.5. The number of carboxylic acids is 1. The summed E-state index contributed by atoms with van der Waals surface area (Å²) in [6.45, 7) is 0. The molecule has 1 aliphatic heterocycles. The zero-order valence-electron chi connectivity index (χ0n) is 15.0. The van der Waals surface area contributed by atoms with E-state index < -0.39 is 5.97 Å². The van der Waals surface area contributed by atoms with Crippen molar-refractivity contribution in [3.8, 4) is 0 Å². The number of benzene rings is 2.